The number of esters is 1. The van der Waals surface area contributed by atoms with Gasteiger partial charge in [-0.05, 0) is 29.2 Å². The molecule has 0 fully saturated rings. The van der Waals surface area contributed by atoms with E-state index in [2.05, 4.69) is 10.0 Å². The monoisotopic (exact) mass is 418 g/mol. The molecule has 0 aromatic heterocycles. The van der Waals surface area contributed by atoms with Gasteiger partial charge in [-0.25, -0.2) is 13.1 Å². The number of rotatable bonds is 10. The van der Waals surface area contributed by atoms with E-state index in [0.717, 1.165) is 11.1 Å². The summed E-state index contributed by atoms with van der Waals surface area (Å²) in [5, 5.41) is 2.64. The summed E-state index contributed by atoms with van der Waals surface area (Å²) in [5.41, 5.74) is 1.97. The molecular weight excluding hydrogens is 392 g/mol. The van der Waals surface area contributed by atoms with E-state index in [9.17, 15) is 18.0 Å². The Morgan fingerprint density at radius 2 is 1.66 bits per heavy atom. The molecule has 0 radical (unpaired) electrons. The average Bonchev–Trinajstić information content (AvgIpc) is 2.71. The quantitative estimate of drug-likeness (QED) is 0.577. The van der Waals surface area contributed by atoms with Gasteiger partial charge in [0.25, 0.3) is 5.91 Å². The van der Waals surface area contributed by atoms with Crippen molar-refractivity contribution in [2.45, 2.75) is 37.6 Å². The number of amides is 1. The van der Waals surface area contributed by atoms with Crippen molar-refractivity contribution in [1.82, 2.24) is 10.0 Å². The molecule has 156 valence electrons. The van der Waals surface area contributed by atoms with Crippen LogP contribution in [0.3, 0.4) is 0 Å². The minimum Gasteiger partial charge on any atom is -0.456 e. The van der Waals surface area contributed by atoms with E-state index in [0.29, 0.717) is 12.5 Å². The summed E-state index contributed by atoms with van der Waals surface area (Å²) in [7, 11) is -3.71. The SMILES string of the molecule is CC(C)c1ccc(S(=O)(=O)NCCC(=O)OCC(=O)NCc2ccccc2)cc1. The second kappa shape index (κ2) is 10.7. The number of nitrogens with one attached hydrogen (secondary N) is 2. The molecule has 0 atom stereocenters. The maximum Gasteiger partial charge on any atom is 0.307 e. The minimum atomic E-state index is -3.71. The van der Waals surface area contributed by atoms with Crippen LogP contribution in [0.25, 0.3) is 0 Å². The number of sulfonamides is 1. The number of carbonyl (C=O) groups is 2. The lowest BCUT2D eigenvalue weighted by Crippen LogP contribution is -2.30. The van der Waals surface area contributed by atoms with E-state index in [1.165, 1.54) is 12.1 Å². The number of benzene rings is 2. The van der Waals surface area contributed by atoms with E-state index in [4.69, 9.17) is 4.74 Å². The van der Waals surface area contributed by atoms with Gasteiger partial charge in [-0.15, -0.1) is 0 Å². The summed E-state index contributed by atoms with van der Waals surface area (Å²) < 4.78 is 31.7. The molecule has 0 saturated heterocycles. The number of hydrogen-bond acceptors (Lipinski definition) is 5. The first-order chi connectivity index (χ1) is 13.8. The molecule has 0 saturated carbocycles. The Morgan fingerprint density at radius 3 is 2.28 bits per heavy atom. The van der Waals surface area contributed by atoms with E-state index in [1.807, 2.05) is 44.2 Å². The zero-order valence-corrected chi connectivity index (χ0v) is 17.4. The molecule has 2 aromatic carbocycles. The van der Waals surface area contributed by atoms with E-state index in [-0.39, 0.29) is 17.9 Å². The lowest BCUT2D eigenvalue weighted by atomic mass is 10.0. The molecule has 1 amide bonds. The predicted molar refractivity (Wildman–Crippen MR) is 110 cm³/mol. The maximum atomic E-state index is 12.3. The normalized spacial score (nSPS) is 11.3. The Morgan fingerprint density at radius 1 is 1.00 bits per heavy atom. The predicted octanol–water partition coefficient (Wildman–Crippen LogP) is 2.34. The third kappa shape index (κ3) is 7.67. The van der Waals surface area contributed by atoms with Crippen molar-refractivity contribution < 1.29 is 22.7 Å². The van der Waals surface area contributed by atoms with Crippen LogP contribution in [0.1, 0.15) is 37.3 Å². The molecule has 29 heavy (non-hydrogen) atoms. The largest absolute Gasteiger partial charge is 0.456 e. The Balaban J connectivity index is 1.69. The summed E-state index contributed by atoms with van der Waals surface area (Å²) in [6.07, 6.45) is -0.171. The fourth-order valence-corrected chi connectivity index (χ4v) is 3.50. The molecule has 0 bridgehead atoms. The smallest absolute Gasteiger partial charge is 0.307 e. The highest BCUT2D eigenvalue weighted by molar-refractivity contribution is 7.89. The highest BCUT2D eigenvalue weighted by Gasteiger charge is 2.15. The van der Waals surface area contributed by atoms with Gasteiger partial charge in [0.05, 0.1) is 11.3 Å². The molecule has 0 unspecified atom stereocenters. The maximum absolute atomic E-state index is 12.3. The summed E-state index contributed by atoms with van der Waals surface area (Å²) in [5.74, 6) is -0.773. The molecule has 8 heteroatoms. The molecule has 2 aromatic rings. The van der Waals surface area contributed by atoms with E-state index >= 15 is 0 Å². The van der Waals surface area contributed by atoms with Crippen molar-refractivity contribution in [2.24, 2.45) is 0 Å². The Labute approximate surface area is 171 Å². The summed E-state index contributed by atoms with van der Waals surface area (Å²) in [6.45, 7) is 3.87. The minimum absolute atomic E-state index is 0.112. The first-order valence-corrected chi connectivity index (χ1v) is 10.8. The molecule has 0 aliphatic rings. The molecule has 7 nitrogen and oxygen atoms in total. The summed E-state index contributed by atoms with van der Waals surface area (Å²) >= 11 is 0. The number of hydrogen-bond donors (Lipinski definition) is 2. The molecule has 0 aliphatic heterocycles. The standard InChI is InChI=1S/C21H26N2O5S/c1-16(2)18-8-10-19(11-9-18)29(26,27)23-13-12-21(25)28-15-20(24)22-14-17-6-4-3-5-7-17/h3-11,16,23H,12-15H2,1-2H3,(H,22,24). The number of carbonyl (C=O) groups excluding carboxylic acids is 2. The highest BCUT2D eigenvalue weighted by atomic mass is 32.2. The fraction of sp³-hybridized carbons (Fsp3) is 0.333. The number of ether oxygens (including phenoxy) is 1. The Kier molecular flexibility index (Phi) is 8.35. The Hall–Kier alpha value is -2.71. The second-order valence-corrected chi connectivity index (χ2v) is 8.56. The summed E-state index contributed by atoms with van der Waals surface area (Å²) in [6, 6.07) is 15.9. The lowest BCUT2D eigenvalue weighted by Gasteiger charge is -2.09. The third-order valence-electron chi connectivity index (χ3n) is 4.18. The van der Waals surface area contributed by atoms with Crippen molar-refractivity contribution in [3.8, 4) is 0 Å². The van der Waals surface area contributed by atoms with Crippen molar-refractivity contribution in [3.63, 3.8) is 0 Å². The molecule has 0 spiro atoms. The van der Waals surface area contributed by atoms with Crippen LogP contribution in [0.4, 0.5) is 0 Å². The highest BCUT2D eigenvalue weighted by Crippen LogP contribution is 2.17. The van der Waals surface area contributed by atoms with Crippen LogP contribution >= 0.6 is 0 Å². The van der Waals surface area contributed by atoms with Gasteiger partial charge in [0.1, 0.15) is 0 Å². The van der Waals surface area contributed by atoms with Crippen LogP contribution in [-0.4, -0.2) is 33.4 Å². The molecular formula is C21H26N2O5S. The third-order valence-corrected chi connectivity index (χ3v) is 5.65. The zero-order valence-electron chi connectivity index (χ0n) is 16.6. The molecule has 0 heterocycles. The van der Waals surface area contributed by atoms with E-state index in [1.54, 1.807) is 12.1 Å². The molecule has 0 aliphatic carbocycles. The van der Waals surface area contributed by atoms with Crippen LogP contribution in [0.5, 0.6) is 0 Å². The van der Waals surface area contributed by atoms with Crippen molar-refractivity contribution in [2.75, 3.05) is 13.2 Å². The lowest BCUT2D eigenvalue weighted by molar-refractivity contribution is -0.148. The van der Waals surface area contributed by atoms with Gasteiger partial charge in [0.2, 0.25) is 10.0 Å². The van der Waals surface area contributed by atoms with Gasteiger partial charge in [0, 0.05) is 13.1 Å². The van der Waals surface area contributed by atoms with Crippen LogP contribution < -0.4 is 10.0 Å². The zero-order chi connectivity index (χ0) is 21.3. The van der Waals surface area contributed by atoms with Crippen LogP contribution in [0, 0.1) is 0 Å². The van der Waals surface area contributed by atoms with Crippen molar-refractivity contribution in [1.29, 1.82) is 0 Å². The first-order valence-electron chi connectivity index (χ1n) is 9.34. The summed E-state index contributed by atoms with van der Waals surface area (Å²) in [4.78, 5) is 23.6. The molecule has 2 N–H and O–H groups in total. The Bertz CT molecular complexity index is 910. The van der Waals surface area contributed by atoms with Crippen LogP contribution in [0.2, 0.25) is 0 Å². The fourth-order valence-electron chi connectivity index (χ4n) is 2.47. The molecule has 2 rings (SSSR count). The first kappa shape index (κ1) is 22.6. The van der Waals surface area contributed by atoms with Crippen molar-refractivity contribution in [3.05, 3.63) is 65.7 Å². The van der Waals surface area contributed by atoms with Gasteiger partial charge in [-0.2, -0.15) is 0 Å². The van der Waals surface area contributed by atoms with Gasteiger partial charge >= 0.3 is 5.97 Å². The van der Waals surface area contributed by atoms with Gasteiger partial charge in [-0.3, -0.25) is 9.59 Å². The van der Waals surface area contributed by atoms with Crippen molar-refractivity contribution >= 4 is 21.9 Å². The van der Waals surface area contributed by atoms with Gasteiger partial charge in [-0.1, -0.05) is 56.3 Å². The second-order valence-electron chi connectivity index (χ2n) is 6.79. The van der Waals surface area contributed by atoms with Crippen LogP contribution in [-0.2, 0) is 30.9 Å². The average molecular weight is 419 g/mol. The van der Waals surface area contributed by atoms with Crippen LogP contribution in [0.15, 0.2) is 59.5 Å². The van der Waals surface area contributed by atoms with E-state index < -0.39 is 28.5 Å². The topological polar surface area (TPSA) is 102 Å². The van der Waals surface area contributed by atoms with Gasteiger partial charge in [0.15, 0.2) is 6.61 Å². The van der Waals surface area contributed by atoms with Gasteiger partial charge < -0.3 is 10.1 Å².